The van der Waals surface area contributed by atoms with Crippen LogP contribution in [0.15, 0.2) is 18.2 Å². The number of benzene rings is 1. The van der Waals surface area contributed by atoms with Gasteiger partial charge in [0.2, 0.25) is 0 Å². The fraction of sp³-hybridized carbons (Fsp3) is 0.400. The summed E-state index contributed by atoms with van der Waals surface area (Å²) in [6.07, 6.45) is -11.3. The zero-order valence-electron chi connectivity index (χ0n) is 10.1. The number of ether oxygens (including phenoxy) is 1. The molecule has 0 fully saturated rings. The Labute approximate surface area is 123 Å². The second kappa shape index (κ2) is 6.41. The highest BCUT2D eigenvalue weighted by Gasteiger charge is 2.62. The Bertz CT molecular complexity index is 514. The zero-order chi connectivity index (χ0) is 16.6. The molecular weight excluding hydrogens is 357 g/mol. The average Bonchev–Trinajstić information content (AvgIpc) is 2.27. The summed E-state index contributed by atoms with van der Waals surface area (Å²) in [6.45, 7) is 0. The van der Waals surface area contributed by atoms with Gasteiger partial charge in [-0.2, -0.15) is 22.0 Å². The Hall–Kier alpha value is -1.36. The number of nitrogens with two attached hydrogens (primary N) is 1. The van der Waals surface area contributed by atoms with E-state index in [1.54, 1.807) is 0 Å². The smallest absolute Gasteiger partial charge is 0.406 e. The van der Waals surface area contributed by atoms with Crippen LogP contribution in [-0.4, -0.2) is 18.5 Å². The predicted octanol–water partition coefficient (Wildman–Crippen LogP) is 4.34. The molecule has 0 saturated heterocycles. The standard InChI is InChI=1S/C10H6F9NO.ClH/c11-6-2-1-4(21-10(17,18)19)3-5(6)7(20)8(12,13)9(14,15)16;/h1-3,7H,20H2;1H/t7-;/m0./s1. The number of rotatable bonds is 3. The highest BCUT2D eigenvalue weighted by Crippen LogP contribution is 2.44. The summed E-state index contributed by atoms with van der Waals surface area (Å²) >= 11 is 0. The van der Waals surface area contributed by atoms with Gasteiger partial charge in [-0.3, -0.25) is 0 Å². The van der Waals surface area contributed by atoms with Gasteiger partial charge in [-0.1, -0.05) is 0 Å². The van der Waals surface area contributed by atoms with Gasteiger partial charge in [0.1, 0.15) is 17.6 Å². The molecule has 0 bridgehead atoms. The first kappa shape index (κ1) is 20.6. The minimum atomic E-state index is -6.10. The van der Waals surface area contributed by atoms with Gasteiger partial charge in [-0.25, -0.2) is 4.39 Å². The van der Waals surface area contributed by atoms with Gasteiger partial charge in [0.15, 0.2) is 0 Å². The lowest BCUT2D eigenvalue weighted by molar-refractivity contribution is -0.291. The predicted molar refractivity (Wildman–Crippen MR) is 58.3 cm³/mol. The van der Waals surface area contributed by atoms with Crippen molar-refractivity contribution < 1.29 is 44.3 Å². The van der Waals surface area contributed by atoms with Crippen molar-refractivity contribution in [2.75, 3.05) is 0 Å². The molecule has 2 nitrogen and oxygen atoms in total. The molecule has 128 valence electrons. The van der Waals surface area contributed by atoms with E-state index in [1.165, 1.54) is 0 Å². The third-order valence-corrected chi connectivity index (χ3v) is 2.30. The van der Waals surface area contributed by atoms with Crippen molar-refractivity contribution in [1.29, 1.82) is 0 Å². The molecule has 0 heterocycles. The van der Waals surface area contributed by atoms with Crippen LogP contribution < -0.4 is 10.5 Å². The van der Waals surface area contributed by atoms with Gasteiger partial charge < -0.3 is 10.5 Å². The molecule has 1 aromatic carbocycles. The van der Waals surface area contributed by atoms with Crippen molar-refractivity contribution in [1.82, 2.24) is 0 Å². The molecule has 1 atom stereocenters. The van der Waals surface area contributed by atoms with Gasteiger partial charge in [-0.05, 0) is 18.2 Å². The molecule has 0 saturated carbocycles. The van der Waals surface area contributed by atoms with Gasteiger partial charge >= 0.3 is 18.5 Å². The van der Waals surface area contributed by atoms with Gasteiger partial charge in [0.05, 0.1) is 0 Å². The largest absolute Gasteiger partial charge is 0.573 e. The summed E-state index contributed by atoms with van der Waals surface area (Å²) < 4.78 is 115. The van der Waals surface area contributed by atoms with E-state index in [9.17, 15) is 39.5 Å². The van der Waals surface area contributed by atoms with Crippen molar-refractivity contribution in [2.24, 2.45) is 5.73 Å². The average molecular weight is 364 g/mol. The van der Waals surface area contributed by atoms with E-state index in [2.05, 4.69) is 10.5 Å². The maximum Gasteiger partial charge on any atom is 0.573 e. The van der Waals surface area contributed by atoms with Gasteiger partial charge in [-0.15, -0.1) is 25.6 Å². The molecule has 12 heteroatoms. The Balaban J connectivity index is 0.00000441. The topological polar surface area (TPSA) is 35.2 Å². The summed E-state index contributed by atoms with van der Waals surface area (Å²) in [5, 5.41) is 0. The molecule has 0 aromatic heterocycles. The second-order valence-corrected chi connectivity index (χ2v) is 3.83. The first-order valence-corrected chi connectivity index (χ1v) is 5.01. The van der Waals surface area contributed by atoms with Crippen molar-refractivity contribution >= 4 is 12.4 Å². The molecule has 0 aliphatic heterocycles. The normalized spacial score (nSPS) is 14.3. The fourth-order valence-electron chi connectivity index (χ4n) is 1.33. The van der Waals surface area contributed by atoms with E-state index in [1.807, 2.05) is 0 Å². The van der Waals surface area contributed by atoms with E-state index in [4.69, 9.17) is 0 Å². The summed E-state index contributed by atoms with van der Waals surface area (Å²) in [7, 11) is 0. The van der Waals surface area contributed by atoms with Crippen LogP contribution in [0, 0.1) is 5.82 Å². The fourth-order valence-corrected chi connectivity index (χ4v) is 1.33. The summed E-state index contributed by atoms with van der Waals surface area (Å²) in [5.74, 6) is -8.33. The molecule has 1 rings (SSSR count). The lowest BCUT2D eigenvalue weighted by Crippen LogP contribution is -2.46. The Kier molecular flexibility index (Phi) is 6.01. The van der Waals surface area contributed by atoms with Crippen LogP contribution in [-0.2, 0) is 0 Å². The number of halogens is 10. The SMILES string of the molecule is Cl.N[C@@H](c1cc(OC(F)(F)F)ccc1F)C(F)(F)C(F)(F)F. The third-order valence-electron chi connectivity index (χ3n) is 2.30. The minimum absolute atomic E-state index is 0. The maximum atomic E-state index is 13.3. The van der Waals surface area contributed by atoms with E-state index >= 15 is 0 Å². The highest BCUT2D eigenvalue weighted by atomic mass is 35.5. The molecule has 0 unspecified atom stereocenters. The van der Waals surface area contributed by atoms with Crippen LogP contribution in [0.1, 0.15) is 11.6 Å². The van der Waals surface area contributed by atoms with E-state index < -0.39 is 41.6 Å². The molecule has 1 aromatic rings. The second-order valence-electron chi connectivity index (χ2n) is 3.83. The zero-order valence-corrected chi connectivity index (χ0v) is 10.9. The van der Waals surface area contributed by atoms with E-state index in [0.717, 1.165) is 0 Å². The molecule has 0 amide bonds. The first-order valence-electron chi connectivity index (χ1n) is 5.01. The Morgan fingerprint density at radius 1 is 0.955 bits per heavy atom. The molecule has 0 spiro atoms. The lowest BCUT2D eigenvalue weighted by atomic mass is 10.00. The summed E-state index contributed by atoms with van der Waals surface area (Å²) in [6, 6.07) is -2.55. The van der Waals surface area contributed by atoms with E-state index in [0.29, 0.717) is 6.07 Å². The quantitative estimate of drug-likeness (QED) is 0.811. The van der Waals surface area contributed by atoms with Crippen molar-refractivity contribution in [2.45, 2.75) is 24.5 Å². The first-order chi connectivity index (χ1) is 9.25. The molecule has 2 N–H and O–H groups in total. The summed E-state index contributed by atoms with van der Waals surface area (Å²) in [4.78, 5) is 0. The molecule has 22 heavy (non-hydrogen) atoms. The molecular formula is C10H7ClF9NO. The third kappa shape index (κ3) is 4.57. The minimum Gasteiger partial charge on any atom is -0.406 e. The Morgan fingerprint density at radius 3 is 1.86 bits per heavy atom. The van der Waals surface area contributed by atoms with Gasteiger partial charge in [0.25, 0.3) is 0 Å². The van der Waals surface area contributed by atoms with Crippen LogP contribution in [0.5, 0.6) is 5.75 Å². The lowest BCUT2D eigenvalue weighted by Gasteiger charge is -2.26. The molecule has 0 aliphatic carbocycles. The van der Waals surface area contributed by atoms with Crippen molar-refractivity contribution in [3.63, 3.8) is 0 Å². The molecule has 0 aliphatic rings. The summed E-state index contributed by atoms with van der Waals surface area (Å²) in [5.41, 5.74) is 3.19. The van der Waals surface area contributed by atoms with Crippen LogP contribution >= 0.6 is 12.4 Å². The number of alkyl halides is 8. The van der Waals surface area contributed by atoms with Crippen LogP contribution in [0.3, 0.4) is 0 Å². The van der Waals surface area contributed by atoms with Crippen molar-refractivity contribution in [3.8, 4) is 5.75 Å². The van der Waals surface area contributed by atoms with Gasteiger partial charge in [0, 0.05) is 5.56 Å². The van der Waals surface area contributed by atoms with Crippen LogP contribution in [0.25, 0.3) is 0 Å². The monoisotopic (exact) mass is 363 g/mol. The Morgan fingerprint density at radius 2 is 1.45 bits per heavy atom. The van der Waals surface area contributed by atoms with Crippen molar-refractivity contribution in [3.05, 3.63) is 29.6 Å². The number of hydrogen-bond acceptors (Lipinski definition) is 2. The number of hydrogen-bond donors (Lipinski definition) is 1. The van der Waals surface area contributed by atoms with E-state index in [-0.39, 0.29) is 24.5 Å². The molecule has 0 radical (unpaired) electrons. The van der Waals surface area contributed by atoms with Crippen LogP contribution in [0.4, 0.5) is 39.5 Å². The highest BCUT2D eigenvalue weighted by molar-refractivity contribution is 5.85. The van der Waals surface area contributed by atoms with Crippen LogP contribution in [0.2, 0.25) is 0 Å². The maximum absolute atomic E-state index is 13.3.